The molecule has 2 aromatic rings. The molecule has 1 aromatic carbocycles. The number of nitrogens with one attached hydrogen (secondary N) is 1. The number of nitrogens with zero attached hydrogens (tertiary/aromatic N) is 4. The lowest BCUT2D eigenvalue weighted by molar-refractivity contribution is -0.117. The fourth-order valence-electron chi connectivity index (χ4n) is 2.30. The number of methoxy groups -OCH3 is 1. The predicted molar refractivity (Wildman–Crippen MR) is 93.4 cm³/mol. The Bertz CT molecular complexity index is 702. The lowest BCUT2D eigenvalue weighted by atomic mass is 10.3. The van der Waals surface area contributed by atoms with E-state index in [-0.39, 0.29) is 18.5 Å². The SMILES string of the molecule is COc1ccc(NC(=O)CN(C)Cc2nncn2C(C)C)cc1Cl. The Labute approximate surface area is 146 Å². The summed E-state index contributed by atoms with van der Waals surface area (Å²) in [5.74, 6) is 1.27. The summed E-state index contributed by atoms with van der Waals surface area (Å²) in [6.45, 7) is 4.89. The van der Waals surface area contributed by atoms with E-state index in [9.17, 15) is 4.79 Å². The van der Waals surface area contributed by atoms with Gasteiger partial charge in [-0.05, 0) is 39.1 Å². The second-order valence-electron chi connectivity index (χ2n) is 5.82. The van der Waals surface area contributed by atoms with Crippen LogP contribution in [0.25, 0.3) is 0 Å². The van der Waals surface area contributed by atoms with E-state index in [2.05, 4.69) is 29.4 Å². The largest absolute Gasteiger partial charge is 0.495 e. The van der Waals surface area contributed by atoms with Gasteiger partial charge >= 0.3 is 0 Å². The van der Waals surface area contributed by atoms with Crippen LogP contribution in [0, 0.1) is 0 Å². The first-order valence-electron chi connectivity index (χ1n) is 7.61. The number of amides is 1. The van der Waals surface area contributed by atoms with Crippen molar-refractivity contribution in [3.63, 3.8) is 0 Å². The minimum Gasteiger partial charge on any atom is -0.495 e. The Morgan fingerprint density at radius 1 is 1.46 bits per heavy atom. The summed E-state index contributed by atoms with van der Waals surface area (Å²) < 4.78 is 7.07. The Morgan fingerprint density at radius 3 is 2.83 bits per heavy atom. The lowest BCUT2D eigenvalue weighted by Crippen LogP contribution is -2.30. The number of aromatic nitrogens is 3. The fraction of sp³-hybridized carbons (Fsp3) is 0.438. The van der Waals surface area contributed by atoms with Gasteiger partial charge in [0.2, 0.25) is 5.91 Å². The molecule has 1 heterocycles. The maximum atomic E-state index is 12.2. The predicted octanol–water partition coefficient (Wildman–Crippen LogP) is 2.59. The molecule has 2 rings (SSSR count). The van der Waals surface area contributed by atoms with Gasteiger partial charge in [-0.2, -0.15) is 0 Å². The molecule has 0 aliphatic rings. The van der Waals surface area contributed by atoms with E-state index in [0.29, 0.717) is 23.0 Å². The Kier molecular flexibility index (Phi) is 6.16. The number of benzene rings is 1. The van der Waals surface area contributed by atoms with Crippen LogP contribution < -0.4 is 10.1 Å². The molecule has 0 saturated carbocycles. The number of ether oxygens (including phenoxy) is 1. The highest BCUT2D eigenvalue weighted by molar-refractivity contribution is 6.32. The monoisotopic (exact) mass is 351 g/mol. The number of likely N-dealkylation sites (N-methyl/N-ethyl adjacent to an activating group) is 1. The molecule has 24 heavy (non-hydrogen) atoms. The first-order valence-corrected chi connectivity index (χ1v) is 7.98. The molecule has 0 spiro atoms. The average Bonchev–Trinajstić information content (AvgIpc) is 2.95. The van der Waals surface area contributed by atoms with Crippen molar-refractivity contribution < 1.29 is 9.53 Å². The summed E-state index contributed by atoms with van der Waals surface area (Å²) in [5, 5.41) is 11.3. The zero-order valence-electron chi connectivity index (χ0n) is 14.3. The molecule has 1 N–H and O–H groups in total. The first-order chi connectivity index (χ1) is 11.4. The number of carbonyl (C=O) groups is 1. The number of halogens is 1. The van der Waals surface area contributed by atoms with Crippen molar-refractivity contribution in [3.05, 3.63) is 35.4 Å². The summed E-state index contributed by atoms with van der Waals surface area (Å²) >= 11 is 6.06. The second-order valence-corrected chi connectivity index (χ2v) is 6.23. The van der Waals surface area contributed by atoms with Gasteiger partial charge in [0.25, 0.3) is 0 Å². The number of anilines is 1. The van der Waals surface area contributed by atoms with Crippen molar-refractivity contribution >= 4 is 23.2 Å². The molecular formula is C16H22ClN5O2. The number of hydrogen-bond acceptors (Lipinski definition) is 5. The van der Waals surface area contributed by atoms with Crippen molar-refractivity contribution in [1.29, 1.82) is 0 Å². The maximum absolute atomic E-state index is 12.2. The van der Waals surface area contributed by atoms with Gasteiger partial charge in [0.15, 0.2) is 0 Å². The van der Waals surface area contributed by atoms with Gasteiger partial charge in [-0.25, -0.2) is 0 Å². The van der Waals surface area contributed by atoms with Crippen molar-refractivity contribution in [2.75, 3.05) is 26.0 Å². The molecule has 0 aliphatic carbocycles. The zero-order valence-corrected chi connectivity index (χ0v) is 15.0. The molecule has 0 aliphatic heterocycles. The van der Waals surface area contributed by atoms with Crippen LogP contribution in [0.2, 0.25) is 5.02 Å². The van der Waals surface area contributed by atoms with E-state index >= 15 is 0 Å². The number of hydrogen-bond donors (Lipinski definition) is 1. The second kappa shape index (κ2) is 8.12. The Hall–Kier alpha value is -2.12. The number of rotatable bonds is 7. The summed E-state index contributed by atoms with van der Waals surface area (Å²) in [6, 6.07) is 5.40. The molecule has 0 unspecified atom stereocenters. The molecule has 1 amide bonds. The van der Waals surface area contributed by atoms with E-state index in [4.69, 9.17) is 16.3 Å². The lowest BCUT2D eigenvalue weighted by Gasteiger charge is -2.17. The minimum absolute atomic E-state index is 0.130. The van der Waals surface area contributed by atoms with Crippen LogP contribution in [0.15, 0.2) is 24.5 Å². The van der Waals surface area contributed by atoms with Gasteiger partial charge in [0, 0.05) is 11.7 Å². The molecule has 130 valence electrons. The highest BCUT2D eigenvalue weighted by Crippen LogP contribution is 2.27. The minimum atomic E-state index is -0.130. The molecule has 0 radical (unpaired) electrons. The van der Waals surface area contributed by atoms with Crippen LogP contribution >= 0.6 is 11.6 Å². The molecule has 7 nitrogen and oxygen atoms in total. The third-order valence-corrected chi connectivity index (χ3v) is 3.76. The van der Waals surface area contributed by atoms with E-state index in [1.165, 1.54) is 0 Å². The van der Waals surface area contributed by atoms with Gasteiger partial charge in [0.1, 0.15) is 17.9 Å². The van der Waals surface area contributed by atoms with Crippen LogP contribution in [0.1, 0.15) is 25.7 Å². The quantitative estimate of drug-likeness (QED) is 0.830. The van der Waals surface area contributed by atoms with Crippen LogP contribution in [0.5, 0.6) is 5.75 Å². The summed E-state index contributed by atoms with van der Waals surface area (Å²) in [7, 11) is 3.41. The van der Waals surface area contributed by atoms with Gasteiger partial charge in [-0.1, -0.05) is 11.6 Å². The first kappa shape index (κ1) is 18.2. The van der Waals surface area contributed by atoms with Gasteiger partial charge < -0.3 is 14.6 Å². The van der Waals surface area contributed by atoms with Crippen LogP contribution in [-0.4, -0.2) is 46.3 Å². The van der Waals surface area contributed by atoms with E-state index in [1.54, 1.807) is 31.6 Å². The van der Waals surface area contributed by atoms with E-state index in [0.717, 1.165) is 5.82 Å². The van der Waals surface area contributed by atoms with Crippen molar-refractivity contribution in [1.82, 2.24) is 19.7 Å². The topological polar surface area (TPSA) is 72.3 Å². The highest BCUT2D eigenvalue weighted by atomic mass is 35.5. The maximum Gasteiger partial charge on any atom is 0.238 e. The summed E-state index contributed by atoms with van der Waals surface area (Å²) in [4.78, 5) is 14.0. The van der Waals surface area contributed by atoms with Crippen LogP contribution in [-0.2, 0) is 11.3 Å². The third kappa shape index (κ3) is 4.69. The molecule has 0 saturated heterocycles. The fourth-order valence-corrected chi connectivity index (χ4v) is 2.56. The van der Waals surface area contributed by atoms with Crippen LogP contribution in [0.3, 0.4) is 0 Å². The van der Waals surface area contributed by atoms with Crippen molar-refractivity contribution in [2.24, 2.45) is 0 Å². The molecule has 0 atom stereocenters. The smallest absolute Gasteiger partial charge is 0.238 e. The standard InChI is InChI=1S/C16H22ClN5O2/c1-11(2)22-10-18-20-15(22)8-21(3)9-16(23)19-12-5-6-14(24-4)13(17)7-12/h5-7,10-11H,8-9H2,1-4H3,(H,19,23). The average molecular weight is 352 g/mol. The zero-order chi connectivity index (χ0) is 17.7. The normalized spacial score (nSPS) is 11.1. The van der Waals surface area contributed by atoms with Gasteiger partial charge in [0.05, 0.1) is 25.2 Å². The van der Waals surface area contributed by atoms with Gasteiger partial charge in [-0.3, -0.25) is 9.69 Å². The van der Waals surface area contributed by atoms with Gasteiger partial charge in [-0.15, -0.1) is 10.2 Å². The molecule has 8 heteroatoms. The van der Waals surface area contributed by atoms with E-state index in [1.807, 2.05) is 16.5 Å². The van der Waals surface area contributed by atoms with Crippen molar-refractivity contribution in [3.8, 4) is 5.75 Å². The Balaban J connectivity index is 1.92. The molecular weight excluding hydrogens is 330 g/mol. The van der Waals surface area contributed by atoms with Crippen LogP contribution in [0.4, 0.5) is 5.69 Å². The molecule has 0 bridgehead atoms. The summed E-state index contributed by atoms with van der Waals surface area (Å²) in [5.41, 5.74) is 0.629. The third-order valence-electron chi connectivity index (χ3n) is 3.46. The molecule has 0 fully saturated rings. The van der Waals surface area contributed by atoms with Crippen molar-refractivity contribution in [2.45, 2.75) is 26.4 Å². The number of carbonyl (C=O) groups excluding carboxylic acids is 1. The molecule has 1 aromatic heterocycles. The highest BCUT2D eigenvalue weighted by Gasteiger charge is 2.13. The Morgan fingerprint density at radius 2 is 2.21 bits per heavy atom. The summed E-state index contributed by atoms with van der Waals surface area (Å²) in [6.07, 6.45) is 1.70. The van der Waals surface area contributed by atoms with E-state index < -0.39 is 0 Å².